The number of hydrogen-bond acceptors (Lipinski definition) is 6. The highest BCUT2D eigenvalue weighted by molar-refractivity contribution is 7.17. The molecule has 1 amide bonds. The zero-order valence-corrected chi connectivity index (χ0v) is 20.2. The van der Waals surface area contributed by atoms with Gasteiger partial charge in [0.25, 0.3) is 5.91 Å². The van der Waals surface area contributed by atoms with Crippen molar-refractivity contribution in [1.29, 1.82) is 0 Å². The second kappa shape index (κ2) is 9.98. The van der Waals surface area contributed by atoms with Gasteiger partial charge in [-0.2, -0.15) is 18.3 Å². The van der Waals surface area contributed by atoms with E-state index in [0.717, 1.165) is 35.6 Å². The highest BCUT2D eigenvalue weighted by Gasteiger charge is 2.40. The highest BCUT2D eigenvalue weighted by atomic mass is 32.1. The Morgan fingerprint density at radius 3 is 2.46 bits per heavy atom. The van der Waals surface area contributed by atoms with Gasteiger partial charge in [-0.15, -0.1) is 11.3 Å². The lowest BCUT2D eigenvalue weighted by atomic mass is 9.86. The van der Waals surface area contributed by atoms with Crippen LogP contribution in [-0.4, -0.2) is 36.8 Å². The number of nitrogens with one attached hydrogen (secondary N) is 1. The first-order valence-corrected chi connectivity index (χ1v) is 11.7. The van der Waals surface area contributed by atoms with E-state index in [1.165, 1.54) is 36.4 Å². The van der Waals surface area contributed by atoms with Gasteiger partial charge in [0.1, 0.15) is 39.8 Å². The highest BCUT2D eigenvalue weighted by Crippen LogP contribution is 2.34. The molecule has 0 radical (unpaired) electrons. The van der Waals surface area contributed by atoms with Gasteiger partial charge in [0, 0.05) is 17.2 Å². The van der Waals surface area contributed by atoms with E-state index >= 15 is 0 Å². The van der Waals surface area contributed by atoms with Crippen molar-refractivity contribution < 1.29 is 31.9 Å². The fourth-order valence-corrected chi connectivity index (χ4v) is 4.75. The van der Waals surface area contributed by atoms with Crippen molar-refractivity contribution >= 4 is 17.2 Å². The van der Waals surface area contributed by atoms with Crippen molar-refractivity contribution in [2.45, 2.75) is 38.2 Å². The molecule has 0 bridgehead atoms. The smallest absolute Gasteiger partial charge is 0.381 e. The van der Waals surface area contributed by atoms with Gasteiger partial charge in [0.15, 0.2) is 0 Å². The summed E-state index contributed by atoms with van der Waals surface area (Å²) < 4.78 is 68.1. The molecule has 0 aliphatic carbocycles. The number of aryl methyl sites for hydroxylation is 1. The molecule has 4 aromatic rings. The van der Waals surface area contributed by atoms with E-state index in [-0.39, 0.29) is 17.0 Å². The summed E-state index contributed by atoms with van der Waals surface area (Å²) in [7, 11) is 0. The van der Waals surface area contributed by atoms with Crippen LogP contribution in [0.3, 0.4) is 0 Å². The third kappa shape index (κ3) is 5.52. The third-order valence-electron chi connectivity index (χ3n) is 5.79. The minimum absolute atomic E-state index is 0.157. The number of aromatic nitrogens is 4. The van der Waals surface area contributed by atoms with E-state index in [1.807, 2.05) is 0 Å². The number of alkyl halides is 3. The fourth-order valence-electron chi connectivity index (χ4n) is 3.77. The van der Waals surface area contributed by atoms with Crippen molar-refractivity contribution in [3.8, 4) is 10.6 Å². The maximum absolute atomic E-state index is 14.7. The lowest BCUT2D eigenvalue weighted by Crippen LogP contribution is -2.51. The Labute approximate surface area is 211 Å². The number of thiazole rings is 1. The molecule has 0 aliphatic rings. The number of carbonyl (C=O) groups is 1. The van der Waals surface area contributed by atoms with Crippen LogP contribution < -0.4 is 5.32 Å². The second-order valence-electron chi connectivity index (χ2n) is 8.35. The van der Waals surface area contributed by atoms with Gasteiger partial charge in [0.2, 0.25) is 0 Å². The predicted molar refractivity (Wildman–Crippen MR) is 124 cm³/mol. The summed E-state index contributed by atoms with van der Waals surface area (Å²) in [6.07, 6.45) is -1.97. The van der Waals surface area contributed by atoms with Crippen LogP contribution in [0.25, 0.3) is 10.6 Å². The molecule has 0 saturated heterocycles. The van der Waals surface area contributed by atoms with E-state index in [0.29, 0.717) is 22.3 Å². The number of nitrogens with zero attached hydrogens (tertiary/aromatic N) is 4. The van der Waals surface area contributed by atoms with Crippen LogP contribution in [0, 0.1) is 18.6 Å². The summed E-state index contributed by atoms with van der Waals surface area (Å²) in [4.78, 5) is 21.4. The van der Waals surface area contributed by atoms with Crippen LogP contribution in [0.1, 0.15) is 33.4 Å². The lowest BCUT2D eigenvalue weighted by molar-refractivity contribution is -0.137. The van der Waals surface area contributed by atoms with E-state index in [9.17, 15) is 31.9 Å². The number of benzene rings is 2. The minimum atomic E-state index is -4.48. The summed E-state index contributed by atoms with van der Waals surface area (Å²) >= 11 is 0.956. The number of hydrogen-bond donors (Lipinski definition) is 2. The first-order valence-electron chi connectivity index (χ1n) is 10.8. The summed E-state index contributed by atoms with van der Waals surface area (Å²) in [6, 6.07) is 5.97. The average molecular weight is 538 g/mol. The van der Waals surface area contributed by atoms with Crippen molar-refractivity contribution in [3.63, 3.8) is 0 Å². The minimum Gasteiger partial charge on any atom is -0.381 e. The molecule has 2 atom stereocenters. The van der Waals surface area contributed by atoms with Crippen molar-refractivity contribution in [1.82, 2.24) is 25.1 Å². The van der Waals surface area contributed by atoms with Gasteiger partial charge >= 0.3 is 6.18 Å². The molecular formula is C24H20F5N5O2S. The summed E-state index contributed by atoms with van der Waals surface area (Å²) in [5.74, 6) is -2.49. The quantitative estimate of drug-likeness (QED) is 0.333. The molecule has 2 aromatic carbocycles. The maximum Gasteiger partial charge on any atom is 0.416 e. The van der Waals surface area contributed by atoms with Gasteiger partial charge < -0.3 is 10.4 Å². The van der Waals surface area contributed by atoms with Gasteiger partial charge in [-0.1, -0.05) is 18.2 Å². The van der Waals surface area contributed by atoms with Crippen LogP contribution in [-0.2, 0) is 18.3 Å². The number of aliphatic hydroxyl groups is 1. The maximum atomic E-state index is 14.7. The van der Waals surface area contributed by atoms with E-state index < -0.39 is 40.9 Å². The standard InChI is InChI=1S/C24H20F5N5O2S/c1-13-20(37-22(32-13)15-3-5-16(6-4-15)24(27,28)29)21(35)33-14(2)23(36,10-34-12-30-11-31-34)18-8-7-17(25)9-19(18)26/h3-9,11-12,14,36H,10H2,1-2H3,(H,33,35)/t14-,23+/m0/s1. The Balaban J connectivity index is 1.61. The number of rotatable bonds is 7. The Bertz CT molecular complexity index is 1410. The third-order valence-corrected chi connectivity index (χ3v) is 7.00. The van der Waals surface area contributed by atoms with E-state index in [2.05, 4.69) is 20.4 Å². The molecular weight excluding hydrogens is 517 g/mol. The summed E-state index contributed by atoms with van der Waals surface area (Å²) in [5, 5.41) is 18.4. The first-order chi connectivity index (χ1) is 17.4. The SMILES string of the molecule is Cc1nc(-c2ccc(C(F)(F)F)cc2)sc1C(=O)N[C@@H](C)[C@](O)(Cn1cncn1)c1ccc(F)cc1F. The van der Waals surface area contributed by atoms with Crippen molar-refractivity contribution in [2.24, 2.45) is 0 Å². The molecule has 0 fully saturated rings. The zero-order chi connectivity index (χ0) is 27.0. The van der Waals surface area contributed by atoms with Crippen LogP contribution >= 0.6 is 11.3 Å². The molecule has 37 heavy (non-hydrogen) atoms. The number of amides is 1. The Morgan fingerprint density at radius 1 is 1.16 bits per heavy atom. The molecule has 4 rings (SSSR count). The van der Waals surface area contributed by atoms with Gasteiger partial charge in [0.05, 0.1) is 23.8 Å². The Kier molecular flexibility index (Phi) is 7.11. The molecule has 194 valence electrons. The molecule has 0 saturated carbocycles. The van der Waals surface area contributed by atoms with Crippen molar-refractivity contribution in [3.05, 3.63) is 88.5 Å². The second-order valence-corrected chi connectivity index (χ2v) is 9.34. The molecule has 2 N–H and O–H groups in total. The van der Waals surface area contributed by atoms with E-state index in [4.69, 9.17) is 0 Å². The topological polar surface area (TPSA) is 92.9 Å². The van der Waals surface area contributed by atoms with Gasteiger partial charge in [-0.3, -0.25) is 4.79 Å². The number of halogens is 5. The van der Waals surface area contributed by atoms with Crippen LogP contribution in [0.15, 0.2) is 55.1 Å². The van der Waals surface area contributed by atoms with Gasteiger partial charge in [-0.25, -0.2) is 23.4 Å². The van der Waals surface area contributed by atoms with Crippen molar-refractivity contribution in [2.75, 3.05) is 0 Å². The molecule has 13 heteroatoms. The molecule has 2 aromatic heterocycles. The Hall–Kier alpha value is -3.71. The lowest BCUT2D eigenvalue weighted by Gasteiger charge is -2.35. The largest absolute Gasteiger partial charge is 0.416 e. The normalized spacial score (nSPS) is 14.3. The predicted octanol–water partition coefficient (Wildman–Crippen LogP) is 4.71. The zero-order valence-electron chi connectivity index (χ0n) is 19.4. The molecule has 2 heterocycles. The molecule has 7 nitrogen and oxygen atoms in total. The summed E-state index contributed by atoms with van der Waals surface area (Å²) in [5.41, 5.74) is -2.42. The molecule has 0 unspecified atom stereocenters. The average Bonchev–Trinajstić information content (AvgIpc) is 3.47. The number of carbonyl (C=O) groups excluding carboxylic acids is 1. The molecule has 0 aliphatic heterocycles. The Morgan fingerprint density at radius 2 is 1.86 bits per heavy atom. The van der Waals surface area contributed by atoms with Crippen LogP contribution in [0.2, 0.25) is 0 Å². The fraction of sp³-hybridized carbons (Fsp3) is 0.250. The first kappa shape index (κ1) is 26.4. The van der Waals surface area contributed by atoms with E-state index in [1.54, 1.807) is 6.92 Å². The summed E-state index contributed by atoms with van der Waals surface area (Å²) in [6.45, 7) is 2.70. The van der Waals surface area contributed by atoms with Crippen LogP contribution in [0.4, 0.5) is 22.0 Å². The van der Waals surface area contributed by atoms with Gasteiger partial charge in [-0.05, 0) is 32.0 Å². The monoisotopic (exact) mass is 537 g/mol. The molecule has 0 spiro atoms. The van der Waals surface area contributed by atoms with Crippen LogP contribution in [0.5, 0.6) is 0 Å².